The van der Waals surface area contributed by atoms with Crippen LogP contribution in [0.4, 0.5) is 17.6 Å². The number of allylic oxidation sites excluding steroid dienone is 4. The average molecular weight is 387 g/mol. The summed E-state index contributed by atoms with van der Waals surface area (Å²) < 4.78 is 54.8. The summed E-state index contributed by atoms with van der Waals surface area (Å²) in [6, 6.07) is 0. The zero-order valence-corrected chi connectivity index (χ0v) is 16.5. The van der Waals surface area contributed by atoms with E-state index in [9.17, 15) is 17.6 Å². The van der Waals surface area contributed by atoms with Crippen molar-refractivity contribution in [3.63, 3.8) is 0 Å². The highest BCUT2D eigenvalue weighted by molar-refractivity contribution is 5.31. The highest BCUT2D eigenvalue weighted by Gasteiger charge is 2.57. The molecule has 3 aliphatic carbocycles. The Bertz CT molecular complexity index is 533. The molecule has 0 aromatic rings. The van der Waals surface area contributed by atoms with E-state index in [1.54, 1.807) is 0 Å². The Balaban J connectivity index is 1.42. The summed E-state index contributed by atoms with van der Waals surface area (Å²) in [7, 11) is 0. The summed E-state index contributed by atoms with van der Waals surface area (Å²) in [6.45, 7) is 2.27. The first-order valence-corrected chi connectivity index (χ1v) is 11.0. The molecule has 0 aromatic carbocycles. The van der Waals surface area contributed by atoms with Gasteiger partial charge >= 0.3 is 11.8 Å². The predicted molar refractivity (Wildman–Crippen MR) is 102 cm³/mol. The first-order valence-electron chi connectivity index (χ1n) is 11.0. The van der Waals surface area contributed by atoms with Crippen LogP contribution in [0.3, 0.4) is 0 Å². The number of halogens is 4. The number of alkyl halides is 4. The summed E-state index contributed by atoms with van der Waals surface area (Å²) in [5.41, 5.74) is -0.397. The lowest BCUT2D eigenvalue weighted by Crippen LogP contribution is -2.42. The van der Waals surface area contributed by atoms with E-state index in [1.165, 1.54) is 57.4 Å². The Morgan fingerprint density at radius 3 is 1.85 bits per heavy atom. The van der Waals surface area contributed by atoms with Gasteiger partial charge in [-0.3, -0.25) is 0 Å². The monoisotopic (exact) mass is 386 g/mol. The Hall–Kier alpha value is -0.800. The summed E-state index contributed by atoms with van der Waals surface area (Å²) in [4.78, 5) is 0. The van der Waals surface area contributed by atoms with Gasteiger partial charge in [0.1, 0.15) is 0 Å². The fourth-order valence-electron chi connectivity index (χ4n) is 5.61. The largest absolute Gasteiger partial charge is 0.335 e. The van der Waals surface area contributed by atoms with Crippen molar-refractivity contribution in [3.8, 4) is 0 Å². The molecule has 0 atom stereocenters. The van der Waals surface area contributed by atoms with Crippen LogP contribution >= 0.6 is 0 Å². The van der Waals surface area contributed by atoms with Gasteiger partial charge in [-0.2, -0.15) is 17.6 Å². The topological polar surface area (TPSA) is 0 Å². The molecule has 0 N–H and O–H groups in total. The average Bonchev–Trinajstić information content (AvgIpc) is 2.64. The molecule has 154 valence electrons. The zero-order chi connectivity index (χ0) is 19.5. The molecule has 0 spiro atoms. The van der Waals surface area contributed by atoms with Crippen molar-refractivity contribution in [1.82, 2.24) is 0 Å². The number of rotatable bonds is 6. The van der Waals surface area contributed by atoms with Gasteiger partial charge in [-0.25, -0.2) is 0 Å². The lowest BCUT2D eigenvalue weighted by atomic mass is 9.68. The second-order valence-corrected chi connectivity index (χ2v) is 9.14. The third kappa shape index (κ3) is 4.79. The minimum atomic E-state index is -4.05. The molecule has 0 unspecified atom stereocenters. The molecule has 4 heteroatoms. The smallest absolute Gasteiger partial charge is 0.195 e. The quantitative estimate of drug-likeness (QED) is 0.406. The Kier molecular flexibility index (Phi) is 6.74. The molecule has 2 fully saturated rings. The molecule has 27 heavy (non-hydrogen) atoms. The highest BCUT2D eigenvalue weighted by atomic mass is 19.3. The van der Waals surface area contributed by atoms with Crippen molar-refractivity contribution in [3.05, 3.63) is 23.8 Å². The van der Waals surface area contributed by atoms with Crippen LogP contribution in [-0.2, 0) is 0 Å². The Morgan fingerprint density at radius 1 is 0.815 bits per heavy atom. The van der Waals surface area contributed by atoms with Crippen molar-refractivity contribution < 1.29 is 17.6 Å². The molecule has 0 bridgehead atoms. The summed E-state index contributed by atoms with van der Waals surface area (Å²) in [6.07, 6.45) is 16.0. The van der Waals surface area contributed by atoms with E-state index in [1.807, 2.05) is 0 Å². The predicted octanol–water partition coefficient (Wildman–Crippen LogP) is 7.95. The molecule has 0 nitrogen and oxygen atoms in total. The van der Waals surface area contributed by atoms with Gasteiger partial charge in [0.15, 0.2) is 0 Å². The lowest BCUT2D eigenvalue weighted by Gasteiger charge is -2.38. The molecule has 0 saturated heterocycles. The normalized spacial score (nSPS) is 35.7. The minimum absolute atomic E-state index is 0.0877. The van der Waals surface area contributed by atoms with Gasteiger partial charge < -0.3 is 0 Å². The third-order valence-electron chi connectivity index (χ3n) is 7.39. The van der Waals surface area contributed by atoms with Gasteiger partial charge in [0.25, 0.3) is 0 Å². The zero-order valence-electron chi connectivity index (χ0n) is 16.5. The van der Waals surface area contributed by atoms with Crippen molar-refractivity contribution in [1.29, 1.82) is 0 Å². The summed E-state index contributed by atoms with van der Waals surface area (Å²) in [5, 5.41) is 0. The van der Waals surface area contributed by atoms with Crippen molar-refractivity contribution in [2.24, 2.45) is 23.7 Å². The molecular weight excluding hydrogens is 352 g/mol. The van der Waals surface area contributed by atoms with Crippen molar-refractivity contribution in [2.45, 2.75) is 95.8 Å². The van der Waals surface area contributed by atoms with Crippen LogP contribution in [-0.4, -0.2) is 11.8 Å². The van der Waals surface area contributed by atoms with Gasteiger partial charge in [-0.1, -0.05) is 57.6 Å². The van der Waals surface area contributed by atoms with Gasteiger partial charge in [-0.05, 0) is 68.3 Å². The summed E-state index contributed by atoms with van der Waals surface area (Å²) >= 11 is 0. The van der Waals surface area contributed by atoms with E-state index in [4.69, 9.17) is 0 Å². The van der Waals surface area contributed by atoms with Crippen LogP contribution in [0, 0.1) is 23.7 Å². The molecule has 0 aromatic heterocycles. The van der Waals surface area contributed by atoms with Gasteiger partial charge in [-0.15, -0.1) is 0 Å². The molecule has 3 aliphatic rings. The number of hydrogen-bond donors (Lipinski definition) is 0. The molecule has 0 heterocycles. The molecule has 0 amide bonds. The fourth-order valence-corrected chi connectivity index (χ4v) is 5.61. The van der Waals surface area contributed by atoms with E-state index in [0.29, 0.717) is 18.4 Å². The molecule has 3 rings (SSSR count). The highest BCUT2D eigenvalue weighted by Crippen LogP contribution is 2.47. The minimum Gasteiger partial charge on any atom is -0.195 e. The van der Waals surface area contributed by atoms with E-state index in [2.05, 4.69) is 6.92 Å². The third-order valence-corrected chi connectivity index (χ3v) is 7.39. The SMILES string of the molecule is CCCC1CCC(C2CCC(CCC3=CC=CC(F)(F)C3(F)F)CC2)CC1. The molecule has 0 radical (unpaired) electrons. The first-order chi connectivity index (χ1) is 12.8. The van der Waals surface area contributed by atoms with Gasteiger partial charge in [0.2, 0.25) is 0 Å². The van der Waals surface area contributed by atoms with E-state index in [0.717, 1.165) is 36.7 Å². The standard InChI is InChI=1S/C23H34F4/c1-2-4-17-6-11-19(12-7-17)20-13-8-18(9-14-20)10-15-21-5-3-16-22(24,25)23(21,26)27/h3,5,16-20H,2,4,6-15H2,1H3. The van der Waals surface area contributed by atoms with Crippen LogP contribution in [0.25, 0.3) is 0 Å². The van der Waals surface area contributed by atoms with E-state index in [-0.39, 0.29) is 6.42 Å². The van der Waals surface area contributed by atoms with Crippen LogP contribution in [0.2, 0.25) is 0 Å². The molecule has 2 saturated carbocycles. The van der Waals surface area contributed by atoms with E-state index < -0.39 is 17.4 Å². The fraction of sp³-hybridized carbons (Fsp3) is 0.826. The van der Waals surface area contributed by atoms with Crippen LogP contribution in [0.15, 0.2) is 23.8 Å². The second-order valence-electron chi connectivity index (χ2n) is 9.14. The van der Waals surface area contributed by atoms with Crippen LogP contribution < -0.4 is 0 Å². The maximum Gasteiger partial charge on any atom is 0.335 e. The van der Waals surface area contributed by atoms with Crippen molar-refractivity contribution >= 4 is 0 Å². The maximum absolute atomic E-state index is 13.9. The lowest BCUT2D eigenvalue weighted by molar-refractivity contribution is -0.157. The van der Waals surface area contributed by atoms with Crippen molar-refractivity contribution in [2.75, 3.05) is 0 Å². The number of hydrogen-bond acceptors (Lipinski definition) is 0. The maximum atomic E-state index is 13.9. The van der Waals surface area contributed by atoms with Crippen LogP contribution in [0.1, 0.15) is 84.0 Å². The second kappa shape index (κ2) is 8.69. The summed E-state index contributed by atoms with van der Waals surface area (Å²) in [5.74, 6) is -5.09. The Morgan fingerprint density at radius 2 is 1.33 bits per heavy atom. The Labute approximate surface area is 161 Å². The van der Waals surface area contributed by atoms with Gasteiger partial charge in [0.05, 0.1) is 0 Å². The molecular formula is C23H34F4. The van der Waals surface area contributed by atoms with E-state index >= 15 is 0 Å². The molecule has 0 aliphatic heterocycles. The first kappa shape index (κ1) is 20.9. The van der Waals surface area contributed by atoms with Crippen LogP contribution in [0.5, 0.6) is 0 Å². The van der Waals surface area contributed by atoms with Gasteiger partial charge in [0, 0.05) is 5.57 Å².